The van der Waals surface area contributed by atoms with Crippen molar-refractivity contribution in [3.8, 4) is 0 Å². The van der Waals surface area contributed by atoms with Gasteiger partial charge >= 0.3 is 0 Å². The Kier molecular flexibility index (Phi) is 2.52. The van der Waals surface area contributed by atoms with Crippen molar-refractivity contribution in [2.45, 2.75) is 12.8 Å². The van der Waals surface area contributed by atoms with E-state index in [4.69, 9.17) is 0 Å². The van der Waals surface area contributed by atoms with Crippen molar-refractivity contribution in [2.24, 2.45) is 0 Å². The first-order valence-electron chi connectivity index (χ1n) is 6.87. The summed E-state index contributed by atoms with van der Waals surface area (Å²) in [5.41, 5.74) is 2.99. The Balaban J connectivity index is 1.95. The summed E-state index contributed by atoms with van der Waals surface area (Å²) in [6.07, 6.45) is 7.11. The van der Waals surface area contributed by atoms with Crippen molar-refractivity contribution in [2.75, 3.05) is 0 Å². The third kappa shape index (κ3) is 1.66. The van der Waals surface area contributed by atoms with Crippen LogP contribution in [0.15, 0.2) is 71.9 Å². The smallest absolute Gasteiger partial charge is 0.0836 e. The topological polar surface area (TPSA) is 0 Å². The molecule has 0 bridgehead atoms. The van der Waals surface area contributed by atoms with Crippen molar-refractivity contribution < 1.29 is 0 Å². The van der Waals surface area contributed by atoms with Crippen molar-refractivity contribution in [1.29, 1.82) is 0 Å². The van der Waals surface area contributed by atoms with E-state index in [1.807, 2.05) is 0 Å². The monoisotopic (exact) mass is 259 g/mol. The Morgan fingerprint density at radius 2 is 1.63 bits per heavy atom. The molecule has 2 aromatic rings. The van der Waals surface area contributed by atoms with Crippen LogP contribution in [0.3, 0.4) is 0 Å². The van der Waals surface area contributed by atoms with Crippen LogP contribution in [0.25, 0.3) is 5.57 Å². The molecule has 0 N–H and O–H groups in total. The molecule has 2 aromatic carbocycles. The highest BCUT2D eigenvalue weighted by Gasteiger charge is 2.33. The molecule has 4 rings (SSSR count). The molecule has 0 nitrogen and oxygen atoms in total. The molecule has 0 spiro atoms. The lowest BCUT2D eigenvalue weighted by atomic mass is 10.00. The zero-order valence-corrected chi connectivity index (χ0v) is 11.8. The molecular formula is C18H15Si. The SMILES string of the molecule is C1=CC2=C(CC1)[Si](c1ccccc1)c1ccccc12. The van der Waals surface area contributed by atoms with Crippen LogP contribution in [-0.4, -0.2) is 8.80 Å². The van der Waals surface area contributed by atoms with Crippen LogP contribution in [0.2, 0.25) is 0 Å². The van der Waals surface area contributed by atoms with Crippen LogP contribution in [0, 0.1) is 0 Å². The number of allylic oxidation sites excluding steroid dienone is 4. The van der Waals surface area contributed by atoms with E-state index >= 15 is 0 Å². The summed E-state index contributed by atoms with van der Waals surface area (Å²) >= 11 is 0. The van der Waals surface area contributed by atoms with Gasteiger partial charge in [-0.05, 0) is 29.2 Å². The van der Waals surface area contributed by atoms with Gasteiger partial charge in [0, 0.05) is 0 Å². The first kappa shape index (κ1) is 11.0. The summed E-state index contributed by atoms with van der Waals surface area (Å²) in [6, 6.07) is 20.1. The lowest BCUT2D eigenvalue weighted by Gasteiger charge is -2.16. The summed E-state index contributed by atoms with van der Waals surface area (Å²) in [5.74, 6) is 0. The van der Waals surface area contributed by atoms with Crippen molar-refractivity contribution >= 4 is 24.7 Å². The molecule has 0 aromatic heterocycles. The average Bonchev–Trinajstić information content (AvgIpc) is 2.83. The Hall–Kier alpha value is -1.86. The van der Waals surface area contributed by atoms with Gasteiger partial charge in [-0.15, -0.1) is 0 Å². The molecule has 1 radical (unpaired) electrons. The highest BCUT2D eigenvalue weighted by molar-refractivity contribution is 6.93. The molecule has 0 saturated carbocycles. The van der Waals surface area contributed by atoms with E-state index in [9.17, 15) is 0 Å². The molecule has 2 aliphatic rings. The van der Waals surface area contributed by atoms with Crippen molar-refractivity contribution in [3.05, 3.63) is 77.5 Å². The minimum absolute atomic E-state index is 0.716. The molecule has 1 heteroatoms. The number of hydrogen-bond acceptors (Lipinski definition) is 0. The van der Waals surface area contributed by atoms with Crippen LogP contribution in [0.4, 0.5) is 0 Å². The second-order valence-corrected chi connectivity index (χ2v) is 7.59. The molecule has 0 amide bonds. The standard InChI is InChI=1S/C18H15Si/c1-2-8-14(9-3-1)19-17-12-6-4-10-15(17)16-11-5-7-13-18(16)19/h1-6,8-12H,7,13H2. The molecule has 0 fully saturated rings. The van der Waals surface area contributed by atoms with E-state index in [0.717, 1.165) is 0 Å². The maximum absolute atomic E-state index is 2.35. The van der Waals surface area contributed by atoms with E-state index in [0.29, 0.717) is 0 Å². The van der Waals surface area contributed by atoms with Gasteiger partial charge in [-0.1, -0.05) is 77.1 Å². The maximum atomic E-state index is 2.35. The molecule has 0 atom stereocenters. The number of rotatable bonds is 1. The van der Waals surface area contributed by atoms with Gasteiger partial charge in [0.05, 0.1) is 0 Å². The predicted molar refractivity (Wildman–Crippen MR) is 83.2 cm³/mol. The number of benzene rings is 2. The molecule has 19 heavy (non-hydrogen) atoms. The second-order valence-electron chi connectivity index (χ2n) is 5.12. The van der Waals surface area contributed by atoms with Crippen LogP contribution >= 0.6 is 0 Å². The normalized spacial score (nSPS) is 17.5. The van der Waals surface area contributed by atoms with Crippen molar-refractivity contribution in [3.63, 3.8) is 0 Å². The predicted octanol–water partition coefficient (Wildman–Crippen LogP) is 2.95. The Morgan fingerprint density at radius 3 is 2.53 bits per heavy atom. The highest BCUT2D eigenvalue weighted by Crippen LogP contribution is 2.33. The minimum atomic E-state index is -0.716. The van der Waals surface area contributed by atoms with Crippen molar-refractivity contribution in [1.82, 2.24) is 0 Å². The zero-order chi connectivity index (χ0) is 12.7. The summed E-state index contributed by atoms with van der Waals surface area (Å²) in [7, 11) is -0.716. The Labute approximate surface area is 115 Å². The molecule has 1 aliphatic heterocycles. The quantitative estimate of drug-likeness (QED) is 0.691. The largest absolute Gasteiger partial charge is 0.151 e. The van der Waals surface area contributed by atoms with Gasteiger partial charge in [-0.3, -0.25) is 0 Å². The minimum Gasteiger partial charge on any atom is -0.0836 e. The van der Waals surface area contributed by atoms with Crippen LogP contribution in [-0.2, 0) is 0 Å². The van der Waals surface area contributed by atoms with Gasteiger partial charge in [-0.2, -0.15) is 0 Å². The molecular weight excluding hydrogens is 244 g/mol. The van der Waals surface area contributed by atoms with Gasteiger partial charge < -0.3 is 0 Å². The van der Waals surface area contributed by atoms with Gasteiger partial charge in [0.25, 0.3) is 0 Å². The fourth-order valence-corrected chi connectivity index (χ4v) is 6.35. The lowest BCUT2D eigenvalue weighted by molar-refractivity contribution is 1.02. The van der Waals surface area contributed by atoms with E-state index < -0.39 is 8.80 Å². The third-order valence-corrected chi connectivity index (χ3v) is 7.03. The summed E-state index contributed by atoms with van der Waals surface area (Å²) in [4.78, 5) is 0. The maximum Gasteiger partial charge on any atom is 0.151 e. The fraction of sp³-hybridized carbons (Fsp3) is 0.111. The van der Waals surface area contributed by atoms with Crippen LogP contribution in [0.5, 0.6) is 0 Å². The van der Waals surface area contributed by atoms with Gasteiger partial charge in [0.15, 0.2) is 8.80 Å². The van der Waals surface area contributed by atoms with Gasteiger partial charge in [0.2, 0.25) is 0 Å². The molecule has 1 aliphatic carbocycles. The molecule has 0 unspecified atom stereocenters. The first-order valence-corrected chi connectivity index (χ1v) is 8.37. The fourth-order valence-electron chi connectivity index (χ4n) is 3.21. The van der Waals surface area contributed by atoms with Crippen LogP contribution in [0.1, 0.15) is 18.4 Å². The highest BCUT2D eigenvalue weighted by atomic mass is 28.3. The molecule has 0 saturated heterocycles. The summed E-state index contributed by atoms with van der Waals surface area (Å²) in [5, 5.41) is 4.82. The van der Waals surface area contributed by atoms with Gasteiger partial charge in [0.1, 0.15) is 0 Å². The Bertz CT molecular complexity index is 680. The summed E-state index contributed by atoms with van der Waals surface area (Å²) in [6.45, 7) is 0. The lowest BCUT2D eigenvalue weighted by Crippen LogP contribution is -2.42. The number of fused-ring (bicyclic) bond motifs is 2. The van der Waals surface area contributed by atoms with E-state index in [1.165, 1.54) is 29.2 Å². The Morgan fingerprint density at radius 1 is 0.842 bits per heavy atom. The average molecular weight is 259 g/mol. The van der Waals surface area contributed by atoms with E-state index in [2.05, 4.69) is 66.7 Å². The molecule has 91 valence electrons. The first-order chi connectivity index (χ1) is 9.45. The van der Waals surface area contributed by atoms with E-state index in [1.54, 1.807) is 10.4 Å². The van der Waals surface area contributed by atoms with Gasteiger partial charge in [-0.25, -0.2) is 0 Å². The summed E-state index contributed by atoms with van der Waals surface area (Å²) < 4.78 is 0. The second kappa shape index (κ2) is 4.36. The zero-order valence-electron chi connectivity index (χ0n) is 10.8. The van der Waals surface area contributed by atoms with E-state index in [-0.39, 0.29) is 0 Å². The third-order valence-electron chi connectivity index (χ3n) is 4.02. The van der Waals surface area contributed by atoms with Crippen LogP contribution < -0.4 is 10.4 Å². The number of hydrogen-bond donors (Lipinski definition) is 0. The molecule has 1 heterocycles.